The van der Waals surface area contributed by atoms with Gasteiger partial charge in [-0.1, -0.05) is 66.7 Å². The summed E-state index contributed by atoms with van der Waals surface area (Å²) in [5.41, 5.74) is 14.2. The highest BCUT2D eigenvalue weighted by Crippen LogP contribution is 2.40. The average molecular weight is 494 g/mol. The molecule has 2 aromatic heterocycles. The van der Waals surface area contributed by atoms with E-state index in [1.54, 1.807) is 18.3 Å². The van der Waals surface area contributed by atoms with E-state index >= 15 is 0 Å². The summed E-state index contributed by atoms with van der Waals surface area (Å²) in [4.78, 5) is 18.9. The lowest BCUT2D eigenvalue weighted by Crippen LogP contribution is -2.43. The Morgan fingerprint density at radius 3 is 2.36 bits per heavy atom. The first-order valence-electron chi connectivity index (χ1n) is 11.9. The van der Waals surface area contributed by atoms with Gasteiger partial charge in [0.15, 0.2) is 5.65 Å². The van der Waals surface area contributed by atoms with Gasteiger partial charge in [0.25, 0.3) is 5.91 Å². The first-order valence-corrected chi connectivity index (χ1v) is 12.3. The molecule has 6 rings (SSSR count). The van der Waals surface area contributed by atoms with Gasteiger partial charge in [-0.25, -0.2) is 9.50 Å². The molecule has 0 atom stereocenters. The number of halogens is 1. The Morgan fingerprint density at radius 2 is 1.67 bits per heavy atom. The summed E-state index contributed by atoms with van der Waals surface area (Å²) in [6.45, 7) is 0. The third kappa shape index (κ3) is 3.85. The molecule has 0 aliphatic heterocycles. The molecule has 0 spiro atoms. The first kappa shape index (κ1) is 22.5. The molecule has 1 aliphatic rings. The van der Waals surface area contributed by atoms with Gasteiger partial charge < -0.3 is 5.73 Å². The highest BCUT2D eigenvalue weighted by atomic mass is 35.5. The van der Waals surface area contributed by atoms with Crippen LogP contribution in [0.4, 0.5) is 0 Å². The lowest BCUT2D eigenvalue weighted by molar-refractivity contribution is 0.0982. The van der Waals surface area contributed by atoms with Crippen molar-refractivity contribution in [2.45, 2.75) is 24.8 Å². The van der Waals surface area contributed by atoms with E-state index in [-0.39, 0.29) is 11.4 Å². The molecule has 6 nitrogen and oxygen atoms in total. The fraction of sp³-hybridized carbons (Fsp3) is 0.138. The Labute approximate surface area is 213 Å². The zero-order chi connectivity index (χ0) is 24.7. The first-order chi connectivity index (χ1) is 17.6. The Bertz CT molecular complexity index is 1570. The maximum Gasteiger partial charge on any atom is 0.265 e. The van der Waals surface area contributed by atoms with E-state index in [1.165, 1.54) is 6.42 Å². The van der Waals surface area contributed by atoms with Gasteiger partial charge in [0, 0.05) is 39.6 Å². The number of aromatic nitrogens is 3. The quantitative estimate of drug-likeness (QED) is 0.296. The minimum absolute atomic E-state index is 0.212. The van der Waals surface area contributed by atoms with Crippen molar-refractivity contribution in [2.24, 2.45) is 5.73 Å². The van der Waals surface area contributed by atoms with Gasteiger partial charge in [-0.2, -0.15) is 5.10 Å². The number of benzene rings is 3. The fourth-order valence-electron chi connectivity index (χ4n) is 4.84. The molecule has 0 unspecified atom stereocenters. The number of imidazole rings is 1. The molecule has 1 fully saturated rings. The van der Waals surface area contributed by atoms with Crippen molar-refractivity contribution in [1.29, 1.82) is 0 Å². The van der Waals surface area contributed by atoms with Gasteiger partial charge in [0.2, 0.25) is 0 Å². The molecule has 7 heteroatoms. The fourth-order valence-corrected chi connectivity index (χ4v) is 4.95. The van der Waals surface area contributed by atoms with Crippen LogP contribution in [0, 0.1) is 0 Å². The summed E-state index contributed by atoms with van der Waals surface area (Å²) >= 11 is 5.54. The van der Waals surface area contributed by atoms with Gasteiger partial charge in [-0.05, 0) is 48.6 Å². The number of hydrogen-bond acceptors (Lipinski definition) is 4. The van der Waals surface area contributed by atoms with Crippen molar-refractivity contribution < 1.29 is 4.79 Å². The maximum atomic E-state index is 12.1. The predicted octanol–water partition coefficient (Wildman–Crippen LogP) is 5.95. The van der Waals surface area contributed by atoms with Crippen LogP contribution in [0.5, 0.6) is 0 Å². The molecule has 3 N–H and O–H groups in total. The molecular weight excluding hydrogens is 470 g/mol. The minimum atomic E-state index is -0.364. The number of hydrogen-bond donors (Lipinski definition) is 2. The molecule has 0 saturated heterocycles. The summed E-state index contributed by atoms with van der Waals surface area (Å²) in [5, 5.41) is 5.08. The third-order valence-corrected chi connectivity index (χ3v) is 7.23. The summed E-state index contributed by atoms with van der Waals surface area (Å²) in [5.74, 6) is -0.364. The second-order valence-electron chi connectivity index (χ2n) is 9.28. The van der Waals surface area contributed by atoms with Crippen molar-refractivity contribution in [3.05, 3.63) is 102 Å². The molecular formula is C29H24ClN5O. The number of fused-ring (bicyclic) bond motifs is 1. The molecule has 5 aromatic rings. The van der Waals surface area contributed by atoms with E-state index in [4.69, 9.17) is 22.6 Å². The summed E-state index contributed by atoms with van der Waals surface area (Å²) in [6.07, 6.45) is 4.98. The smallest absolute Gasteiger partial charge is 0.265 e. The Kier molecular flexibility index (Phi) is 5.55. The molecule has 0 bridgehead atoms. The zero-order valence-electron chi connectivity index (χ0n) is 19.5. The number of amides is 1. The number of rotatable bonds is 5. The highest BCUT2D eigenvalue weighted by Gasteiger charge is 2.34. The van der Waals surface area contributed by atoms with Crippen LogP contribution < -0.4 is 10.6 Å². The normalized spacial score (nSPS) is 14.4. The van der Waals surface area contributed by atoms with Gasteiger partial charge in [0.05, 0.1) is 17.6 Å². The van der Waals surface area contributed by atoms with Crippen LogP contribution in [0.15, 0.2) is 91.1 Å². The van der Waals surface area contributed by atoms with E-state index in [2.05, 4.69) is 52.3 Å². The standard InChI is InChI=1S/C29H24ClN5O/c30-33-28(36)22-9-4-8-21(16-22)25-18-32-26-17-24(19-6-2-1-3-7-19)27(34-35(25)26)20-10-12-23(13-11-20)29(31)14-5-15-29/h1-4,6-13,16-18H,5,14-15,31H2,(H,33,36). The summed E-state index contributed by atoms with van der Waals surface area (Å²) in [6, 6.07) is 27.9. The van der Waals surface area contributed by atoms with Crippen LogP contribution in [0.1, 0.15) is 35.2 Å². The number of carbonyl (C=O) groups excluding carboxylic acids is 1. The van der Waals surface area contributed by atoms with Crippen LogP contribution in [0.2, 0.25) is 0 Å². The number of carbonyl (C=O) groups is 1. The van der Waals surface area contributed by atoms with Crippen molar-refractivity contribution in [3.63, 3.8) is 0 Å². The van der Waals surface area contributed by atoms with E-state index in [1.807, 2.05) is 34.8 Å². The lowest BCUT2D eigenvalue weighted by atomic mass is 9.72. The molecule has 0 radical (unpaired) electrons. The second kappa shape index (κ2) is 8.90. The average Bonchev–Trinajstić information content (AvgIpc) is 3.34. The van der Waals surface area contributed by atoms with Crippen molar-refractivity contribution in [1.82, 2.24) is 19.4 Å². The molecule has 1 amide bonds. The SMILES string of the molecule is NC1(c2ccc(-c3nn4c(-c5cccc(C(=O)NCl)c5)cnc4cc3-c3ccccc3)cc2)CCC1. The van der Waals surface area contributed by atoms with E-state index in [9.17, 15) is 4.79 Å². The van der Waals surface area contributed by atoms with Crippen molar-refractivity contribution in [2.75, 3.05) is 0 Å². The summed E-state index contributed by atoms with van der Waals surface area (Å²) < 4.78 is 1.82. The van der Waals surface area contributed by atoms with E-state index in [0.717, 1.165) is 52.0 Å². The van der Waals surface area contributed by atoms with Gasteiger partial charge in [0.1, 0.15) is 0 Å². The Morgan fingerprint density at radius 1 is 0.917 bits per heavy atom. The van der Waals surface area contributed by atoms with E-state index < -0.39 is 0 Å². The molecule has 178 valence electrons. The van der Waals surface area contributed by atoms with Crippen LogP contribution in [0.25, 0.3) is 39.3 Å². The van der Waals surface area contributed by atoms with Crippen molar-refractivity contribution >= 4 is 23.3 Å². The minimum Gasteiger partial charge on any atom is -0.321 e. The van der Waals surface area contributed by atoms with Crippen LogP contribution in [-0.2, 0) is 5.54 Å². The van der Waals surface area contributed by atoms with Crippen LogP contribution in [-0.4, -0.2) is 20.5 Å². The molecule has 3 aromatic carbocycles. The molecule has 2 heterocycles. The van der Waals surface area contributed by atoms with Gasteiger partial charge >= 0.3 is 0 Å². The summed E-state index contributed by atoms with van der Waals surface area (Å²) in [7, 11) is 0. The molecule has 1 aliphatic carbocycles. The molecule has 1 saturated carbocycles. The van der Waals surface area contributed by atoms with Crippen LogP contribution in [0.3, 0.4) is 0 Å². The largest absolute Gasteiger partial charge is 0.321 e. The highest BCUT2D eigenvalue weighted by molar-refractivity contribution is 6.24. The predicted molar refractivity (Wildman–Crippen MR) is 142 cm³/mol. The topological polar surface area (TPSA) is 85.3 Å². The number of nitrogens with one attached hydrogen (secondary N) is 1. The van der Waals surface area contributed by atoms with Gasteiger partial charge in [-0.3, -0.25) is 9.63 Å². The van der Waals surface area contributed by atoms with E-state index in [0.29, 0.717) is 11.2 Å². The zero-order valence-corrected chi connectivity index (χ0v) is 20.2. The second-order valence-corrected chi connectivity index (χ2v) is 9.47. The van der Waals surface area contributed by atoms with Crippen molar-refractivity contribution in [3.8, 4) is 33.6 Å². The number of nitrogens with two attached hydrogens (primary N) is 1. The maximum absolute atomic E-state index is 12.1. The lowest BCUT2D eigenvalue weighted by Gasteiger charge is -2.38. The van der Waals surface area contributed by atoms with Crippen LogP contribution >= 0.6 is 11.8 Å². The third-order valence-electron chi connectivity index (χ3n) is 7.06. The Hall–Kier alpha value is -4.00. The molecule has 36 heavy (non-hydrogen) atoms. The Balaban J connectivity index is 1.51. The monoisotopic (exact) mass is 493 g/mol. The van der Waals surface area contributed by atoms with Gasteiger partial charge in [-0.15, -0.1) is 0 Å². The number of nitrogens with zero attached hydrogens (tertiary/aromatic N) is 3.